The summed E-state index contributed by atoms with van der Waals surface area (Å²) >= 11 is 2.72. The zero-order valence-corrected chi connectivity index (χ0v) is 16.4. The van der Waals surface area contributed by atoms with Crippen LogP contribution in [0.4, 0.5) is 5.13 Å². The Hall–Kier alpha value is -2.65. The van der Waals surface area contributed by atoms with Crippen molar-refractivity contribution >= 4 is 34.1 Å². The number of aromatic nitrogens is 4. The highest BCUT2D eigenvalue weighted by Crippen LogP contribution is 2.20. The predicted octanol–water partition coefficient (Wildman–Crippen LogP) is 3.54. The molecule has 1 amide bonds. The number of carbonyl (C=O) groups excluding carboxylic acids is 1. The molecule has 1 N–H and O–H groups in total. The molecule has 7 nitrogen and oxygen atoms in total. The summed E-state index contributed by atoms with van der Waals surface area (Å²) in [6, 6.07) is 9.52. The highest BCUT2D eigenvalue weighted by atomic mass is 32.2. The van der Waals surface area contributed by atoms with Gasteiger partial charge in [0.15, 0.2) is 16.1 Å². The maximum atomic E-state index is 12.1. The number of amides is 1. The molecule has 3 aromatic rings. The Kier molecular flexibility index (Phi) is 6.61. The summed E-state index contributed by atoms with van der Waals surface area (Å²) in [5.74, 6) is 1.52. The largest absolute Gasteiger partial charge is 0.486 e. The zero-order chi connectivity index (χ0) is 19.1. The predicted molar refractivity (Wildman–Crippen MR) is 107 cm³/mol. The van der Waals surface area contributed by atoms with Crippen LogP contribution < -0.4 is 10.1 Å². The summed E-state index contributed by atoms with van der Waals surface area (Å²) < 4.78 is 7.64. The molecule has 0 saturated heterocycles. The number of aryl methyl sites for hydroxylation is 1. The summed E-state index contributed by atoms with van der Waals surface area (Å²) in [6.07, 6.45) is 1.76. The van der Waals surface area contributed by atoms with Gasteiger partial charge in [0.25, 0.3) is 0 Å². The van der Waals surface area contributed by atoms with E-state index in [1.807, 2.05) is 47.2 Å². The number of benzene rings is 1. The lowest BCUT2D eigenvalue weighted by molar-refractivity contribution is -0.113. The van der Waals surface area contributed by atoms with Gasteiger partial charge < -0.3 is 10.1 Å². The third-order valence-corrected chi connectivity index (χ3v) is 5.26. The Balaban J connectivity index is 1.60. The molecule has 0 bridgehead atoms. The van der Waals surface area contributed by atoms with Gasteiger partial charge in [-0.25, -0.2) is 4.98 Å². The van der Waals surface area contributed by atoms with Crippen molar-refractivity contribution < 1.29 is 9.53 Å². The van der Waals surface area contributed by atoms with Crippen molar-refractivity contribution in [1.82, 2.24) is 19.7 Å². The smallest absolute Gasteiger partial charge is 0.236 e. The fourth-order valence-electron chi connectivity index (χ4n) is 2.21. The number of rotatable bonds is 9. The van der Waals surface area contributed by atoms with Crippen LogP contribution in [0.1, 0.15) is 11.5 Å². The highest BCUT2D eigenvalue weighted by molar-refractivity contribution is 7.99. The number of carbonyl (C=O) groups is 1. The van der Waals surface area contributed by atoms with Crippen LogP contribution in [0.2, 0.25) is 0 Å². The normalized spacial score (nSPS) is 10.6. The molecule has 27 heavy (non-hydrogen) atoms. The Morgan fingerprint density at radius 1 is 1.37 bits per heavy atom. The number of nitrogens with zero attached hydrogens (tertiary/aromatic N) is 4. The van der Waals surface area contributed by atoms with Gasteiger partial charge >= 0.3 is 0 Å². The van der Waals surface area contributed by atoms with Crippen LogP contribution in [-0.2, 0) is 17.9 Å². The summed E-state index contributed by atoms with van der Waals surface area (Å²) in [6.45, 7) is 6.49. The van der Waals surface area contributed by atoms with Crippen LogP contribution in [0.25, 0.3) is 0 Å². The monoisotopic (exact) mass is 401 g/mol. The highest BCUT2D eigenvalue weighted by Gasteiger charge is 2.14. The number of anilines is 1. The van der Waals surface area contributed by atoms with Crippen molar-refractivity contribution in [1.29, 1.82) is 0 Å². The Morgan fingerprint density at radius 2 is 2.19 bits per heavy atom. The molecule has 0 atom stereocenters. The van der Waals surface area contributed by atoms with Crippen LogP contribution >= 0.6 is 23.1 Å². The standard InChI is InChI=1S/C18H19N5O2S2/c1-3-9-23-15(10-25-14-7-5-4-6-8-14)21-22-18(23)27-12-16(24)20-17-19-13(2)11-26-17/h3-8,11H,1,9-10,12H2,2H3,(H,19,20,24). The van der Waals surface area contributed by atoms with Crippen LogP contribution in [0.3, 0.4) is 0 Å². The first kappa shape index (κ1) is 19.1. The fourth-order valence-corrected chi connectivity index (χ4v) is 3.68. The van der Waals surface area contributed by atoms with E-state index < -0.39 is 0 Å². The molecule has 0 fully saturated rings. The van der Waals surface area contributed by atoms with Crippen molar-refractivity contribution in [3.63, 3.8) is 0 Å². The summed E-state index contributed by atoms with van der Waals surface area (Å²) in [5.41, 5.74) is 0.886. The SMILES string of the molecule is C=CCn1c(COc2ccccc2)nnc1SCC(=O)Nc1nc(C)cs1. The molecule has 0 aliphatic carbocycles. The molecule has 0 saturated carbocycles. The van der Waals surface area contributed by atoms with Crippen LogP contribution in [0, 0.1) is 6.92 Å². The molecule has 9 heteroatoms. The van der Waals surface area contributed by atoms with E-state index in [4.69, 9.17) is 4.74 Å². The van der Waals surface area contributed by atoms with Crippen LogP contribution in [-0.4, -0.2) is 31.4 Å². The molecule has 3 rings (SSSR count). The molecule has 0 aliphatic rings. The number of para-hydroxylation sites is 1. The Bertz CT molecular complexity index is 908. The van der Waals surface area contributed by atoms with Gasteiger partial charge in [0.05, 0.1) is 11.4 Å². The lowest BCUT2D eigenvalue weighted by Gasteiger charge is -2.09. The number of thioether (sulfide) groups is 1. The molecule has 0 spiro atoms. The first-order chi connectivity index (χ1) is 13.2. The third-order valence-electron chi connectivity index (χ3n) is 3.41. The van der Waals surface area contributed by atoms with Crippen molar-refractivity contribution in [3.8, 4) is 5.75 Å². The van der Waals surface area contributed by atoms with Gasteiger partial charge in [0, 0.05) is 11.9 Å². The number of thiazole rings is 1. The first-order valence-corrected chi connectivity index (χ1v) is 10.1. The fraction of sp³-hybridized carbons (Fsp3) is 0.222. The quantitative estimate of drug-likeness (QED) is 0.436. The topological polar surface area (TPSA) is 81.9 Å². The van der Waals surface area contributed by atoms with Crippen molar-refractivity contribution in [2.75, 3.05) is 11.1 Å². The molecule has 1 aromatic carbocycles. The first-order valence-electron chi connectivity index (χ1n) is 8.21. The van der Waals surface area contributed by atoms with E-state index in [0.29, 0.717) is 22.7 Å². The number of ether oxygens (including phenoxy) is 1. The lowest BCUT2D eigenvalue weighted by Crippen LogP contribution is -2.15. The summed E-state index contributed by atoms with van der Waals surface area (Å²) in [4.78, 5) is 16.3. The van der Waals surface area contributed by atoms with E-state index in [9.17, 15) is 4.79 Å². The molecular formula is C18H19N5O2S2. The lowest BCUT2D eigenvalue weighted by atomic mass is 10.3. The maximum Gasteiger partial charge on any atom is 0.236 e. The third kappa shape index (κ3) is 5.41. The number of hydrogen-bond donors (Lipinski definition) is 1. The van der Waals surface area contributed by atoms with Gasteiger partial charge in [0.2, 0.25) is 5.91 Å². The molecule has 0 aliphatic heterocycles. The minimum absolute atomic E-state index is 0.135. The van der Waals surface area contributed by atoms with Gasteiger partial charge in [-0.05, 0) is 19.1 Å². The average Bonchev–Trinajstić information content (AvgIpc) is 3.25. The molecule has 2 heterocycles. The number of allylic oxidation sites excluding steroid dienone is 1. The summed E-state index contributed by atoms with van der Waals surface area (Å²) in [5, 5.41) is 14.3. The van der Waals surface area contributed by atoms with E-state index in [-0.39, 0.29) is 18.3 Å². The second-order valence-corrected chi connectivity index (χ2v) is 7.33. The second-order valence-electron chi connectivity index (χ2n) is 5.53. The van der Waals surface area contributed by atoms with Crippen molar-refractivity contribution in [2.24, 2.45) is 0 Å². The average molecular weight is 402 g/mol. The van der Waals surface area contributed by atoms with Crippen LogP contribution in [0.15, 0.2) is 53.5 Å². The van der Waals surface area contributed by atoms with E-state index in [1.165, 1.54) is 23.1 Å². The molecule has 0 unspecified atom stereocenters. The van der Waals surface area contributed by atoms with Gasteiger partial charge in [-0.3, -0.25) is 9.36 Å². The second kappa shape index (κ2) is 9.33. The van der Waals surface area contributed by atoms with Gasteiger partial charge in [-0.15, -0.1) is 28.1 Å². The van der Waals surface area contributed by atoms with Crippen LogP contribution in [0.5, 0.6) is 5.75 Å². The van der Waals surface area contributed by atoms with Gasteiger partial charge in [0.1, 0.15) is 12.4 Å². The van der Waals surface area contributed by atoms with Crippen molar-refractivity contribution in [2.45, 2.75) is 25.2 Å². The molecule has 0 radical (unpaired) electrons. The molecule has 2 aromatic heterocycles. The number of hydrogen-bond acceptors (Lipinski definition) is 7. The van der Waals surface area contributed by atoms with Crippen molar-refractivity contribution in [3.05, 3.63) is 59.9 Å². The molecule has 140 valence electrons. The minimum Gasteiger partial charge on any atom is -0.486 e. The van der Waals surface area contributed by atoms with Gasteiger partial charge in [-0.2, -0.15) is 0 Å². The Morgan fingerprint density at radius 3 is 2.89 bits per heavy atom. The minimum atomic E-state index is -0.135. The van der Waals surface area contributed by atoms with E-state index in [1.54, 1.807) is 6.08 Å². The van der Waals surface area contributed by atoms with E-state index in [2.05, 4.69) is 27.1 Å². The zero-order valence-electron chi connectivity index (χ0n) is 14.8. The van der Waals surface area contributed by atoms with Gasteiger partial charge in [-0.1, -0.05) is 36.0 Å². The Labute approximate surface area is 165 Å². The maximum absolute atomic E-state index is 12.1. The van der Waals surface area contributed by atoms with E-state index >= 15 is 0 Å². The van der Waals surface area contributed by atoms with E-state index in [0.717, 1.165) is 11.4 Å². The number of nitrogens with one attached hydrogen (secondary N) is 1. The molecular weight excluding hydrogens is 382 g/mol. The summed E-state index contributed by atoms with van der Waals surface area (Å²) in [7, 11) is 0.